The van der Waals surface area contributed by atoms with E-state index in [0.29, 0.717) is 0 Å². The first-order chi connectivity index (χ1) is 8.74. The minimum atomic E-state index is -4.68. The third-order valence-corrected chi connectivity index (χ3v) is 2.99. The molecule has 106 valence electrons. The van der Waals surface area contributed by atoms with E-state index in [9.17, 15) is 22.8 Å². The molecule has 0 radical (unpaired) electrons. The Hall–Kier alpha value is -1.77. The third kappa shape index (κ3) is 4.43. The molecular formula is C10H10F3NO4S. The Bertz CT molecular complexity index is 472. The van der Waals surface area contributed by atoms with Gasteiger partial charge in [0.2, 0.25) is 0 Å². The molecule has 1 atom stereocenters. The fourth-order valence-corrected chi connectivity index (χ4v) is 2.04. The normalized spacial score (nSPS) is 12.8. The summed E-state index contributed by atoms with van der Waals surface area (Å²) in [6, 6.07) is -0.571. The van der Waals surface area contributed by atoms with Crippen molar-refractivity contribution in [3.8, 4) is 5.75 Å². The van der Waals surface area contributed by atoms with Crippen LogP contribution in [-0.2, 0) is 4.79 Å². The highest BCUT2D eigenvalue weighted by atomic mass is 32.1. The fraction of sp³-hybridized carbons (Fsp3) is 0.400. The molecule has 0 aliphatic rings. The van der Waals surface area contributed by atoms with Gasteiger partial charge in [0.25, 0.3) is 5.91 Å². The van der Waals surface area contributed by atoms with E-state index in [1.807, 2.05) is 5.32 Å². The van der Waals surface area contributed by atoms with E-state index in [0.717, 1.165) is 11.3 Å². The van der Waals surface area contributed by atoms with Crippen LogP contribution in [0.2, 0.25) is 0 Å². The van der Waals surface area contributed by atoms with Crippen LogP contribution in [0.15, 0.2) is 11.4 Å². The predicted molar refractivity (Wildman–Crippen MR) is 60.4 cm³/mol. The molecule has 5 nitrogen and oxygen atoms in total. The van der Waals surface area contributed by atoms with Crippen LogP contribution in [-0.4, -0.2) is 36.3 Å². The van der Waals surface area contributed by atoms with Crippen LogP contribution in [0, 0.1) is 0 Å². The molecule has 0 aliphatic heterocycles. The van der Waals surface area contributed by atoms with E-state index in [4.69, 9.17) is 9.84 Å². The highest BCUT2D eigenvalue weighted by molar-refractivity contribution is 7.12. The number of amides is 1. The van der Waals surface area contributed by atoms with Gasteiger partial charge in [-0.3, -0.25) is 4.79 Å². The Morgan fingerprint density at radius 3 is 2.63 bits per heavy atom. The molecule has 1 rings (SSSR count). The molecule has 2 N–H and O–H groups in total. The number of hydrogen-bond acceptors (Lipinski definition) is 4. The Morgan fingerprint density at radius 2 is 2.16 bits per heavy atom. The van der Waals surface area contributed by atoms with Crippen molar-refractivity contribution in [2.45, 2.75) is 18.6 Å². The molecule has 1 heterocycles. The number of thiophene rings is 1. The Morgan fingerprint density at radius 1 is 1.53 bits per heavy atom. The molecule has 0 saturated heterocycles. The monoisotopic (exact) mass is 297 g/mol. The maximum atomic E-state index is 12.2. The van der Waals surface area contributed by atoms with Crippen LogP contribution in [0.1, 0.15) is 16.1 Å². The standard InChI is InChI=1S/C10H10F3NO4S/c1-18-6-2-3-19-7(6)8(15)14-5(9(16)17)4-10(11,12)13/h2-3,5H,4H2,1H3,(H,14,15)(H,16,17). The van der Waals surface area contributed by atoms with Crippen molar-refractivity contribution >= 4 is 23.2 Å². The zero-order valence-electron chi connectivity index (χ0n) is 9.65. The maximum absolute atomic E-state index is 12.2. The van der Waals surface area contributed by atoms with Gasteiger partial charge in [0.05, 0.1) is 13.5 Å². The summed E-state index contributed by atoms with van der Waals surface area (Å²) in [4.78, 5) is 22.4. The number of alkyl halides is 3. The lowest BCUT2D eigenvalue weighted by atomic mass is 10.2. The molecule has 1 unspecified atom stereocenters. The minimum absolute atomic E-state index is 0.0240. The van der Waals surface area contributed by atoms with Gasteiger partial charge in [0.1, 0.15) is 16.7 Å². The zero-order chi connectivity index (χ0) is 14.6. The van der Waals surface area contributed by atoms with Crippen LogP contribution < -0.4 is 10.1 Å². The largest absolute Gasteiger partial charge is 0.495 e. The predicted octanol–water partition coefficient (Wildman–Crippen LogP) is 1.89. The number of rotatable bonds is 5. The second-order valence-electron chi connectivity index (χ2n) is 3.50. The van der Waals surface area contributed by atoms with Crippen molar-refractivity contribution in [1.29, 1.82) is 0 Å². The second-order valence-corrected chi connectivity index (χ2v) is 4.42. The molecular weight excluding hydrogens is 287 g/mol. The summed E-state index contributed by atoms with van der Waals surface area (Å²) in [5, 5.41) is 12.0. The molecule has 1 amide bonds. The van der Waals surface area contributed by atoms with Crippen molar-refractivity contribution in [3.05, 3.63) is 16.3 Å². The summed E-state index contributed by atoms with van der Waals surface area (Å²) < 4.78 is 41.3. The van der Waals surface area contributed by atoms with Gasteiger partial charge < -0.3 is 15.2 Å². The molecule has 0 aliphatic carbocycles. The van der Waals surface area contributed by atoms with Crippen LogP contribution in [0.25, 0.3) is 0 Å². The molecule has 0 aromatic carbocycles. The van der Waals surface area contributed by atoms with Crippen molar-refractivity contribution < 1.29 is 32.6 Å². The first-order valence-corrected chi connectivity index (χ1v) is 5.84. The fourth-order valence-electron chi connectivity index (χ4n) is 1.28. The average Bonchev–Trinajstić information content (AvgIpc) is 2.73. The average molecular weight is 297 g/mol. The summed E-state index contributed by atoms with van der Waals surface area (Å²) in [6.45, 7) is 0. The molecule has 9 heteroatoms. The first kappa shape index (κ1) is 15.3. The number of carboxylic acid groups (broad SMARTS) is 1. The van der Waals surface area contributed by atoms with Gasteiger partial charge in [-0.1, -0.05) is 0 Å². The maximum Gasteiger partial charge on any atom is 0.391 e. The molecule has 0 fully saturated rings. The van der Waals surface area contributed by atoms with Crippen molar-refractivity contribution in [2.75, 3.05) is 7.11 Å². The van der Waals surface area contributed by atoms with E-state index in [-0.39, 0.29) is 10.6 Å². The number of nitrogens with one attached hydrogen (secondary N) is 1. The van der Waals surface area contributed by atoms with Crippen molar-refractivity contribution in [1.82, 2.24) is 5.32 Å². The lowest BCUT2D eigenvalue weighted by Crippen LogP contribution is -2.43. The number of halogens is 3. The molecule has 1 aromatic heterocycles. The molecule has 0 spiro atoms. The van der Waals surface area contributed by atoms with Gasteiger partial charge in [-0.05, 0) is 11.4 Å². The Labute approximate surface area is 110 Å². The van der Waals surface area contributed by atoms with E-state index >= 15 is 0 Å². The number of aliphatic carboxylic acids is 1. The van der Waals surface area contributed by atoms with Crippen molar-refractivity contribution in [3.63, 3.8) is 0 Å². The van der Waals surface area contributed by atoms with Gasteiger partial charge in [-0.25, -0.2) is 4.79 Å². The first-order valence-electron chi connectivity index (χ1n) is 4.96. The van der Waals surface area contributed by atoms with Gasteiger partial charge in [0.15, 0.2) is 0 Å². The van der Waals surface area contributed by atoms with Crippen LogP contribution in [0.3, 0.4) is 0 Å². The number of methoxy groups -OCH3 is 1. The molecule has 1 aromatic rings. The quantitative estimate of drug-likeness (QED) is 0.870. The highest BCUT2D eigenvalue weighted by Gasteiger charge is 2.36. The summed E-state index contributed by atoms with van der Waals surface area (Å²) in [6.07, 6.45) is -6.32. The van der Waals surface area contributed by atoms with Gasteiger partial charge in [-0.15, -0.1) is 11.3 Å². The van der Waals surface area contributed by atoms with E-state index in [1.165, 1.54) is 18.6 Å². The zero-order valence-corrected chi connectivity index (χ0v) is 10.5. The highest BCUT2D eigenvalue weighted by Crippen LogP contribution is 2.25. The van der Waals surface area contributed by atoms with E-state index in [1.54, 1.807) is 0 Å². The lowest BCUT2D eigenvalue weighted by molar-refractivity contribution is -0.157. The van der Waals surface area contributed by atoms with Gasteiger partial charge in [0, 0.05) is 0 Å². The number of carbonyl (C=O) groups excluding carboxylic acids is 1. The number of carbonyl (C=O) groups is 2. The summed E-state index contributed by atoms with van der Waals surface area (Å²) in [7, 11) is 1.29. The Balaban J connectivity index is 2.80. The van der Waals surface area contributed by atoms with Crippen molar-refractivity contribution in [2.24, 2.45) is 0 Å². The number of ether oxygens (including phenoxy) is 1. The van der Waals surface area contributed by atoms with Crippen LogP contribution in [0.5, 0.6) is 5.75 Å². The second kappa shape index (κ2) is 5.91. The van der Waals surface area contributed by atoms with Gasteiger partial charge in [-0.2, -0.15) is 13.2 Å². The smallest absolute Gasteiger partial charge is 0.391 e. The van der Waals surface area contributed by atoms with Crippen LogP contribution in [0.4, 0.5) is 13.2 Å². The Kier molecular flexibility index (Phi) is 4.76. The van der Waals surface area contributed by atoms with Crippen LogP contribution >= 0.6 is 11.3 Å². The third-order valence-electron chi connectivity index (χ3n) is 2.09. The summed E-state index contributed by atoms with van der Waals surface area (Å²) in [5.74, 6) is -2.48. The molecule has 0 bridgehead atoms. The van der Waals surface area contributed by atoms with E-state index < -0.39 is 30.5 Å². The topological polar surface area (TPSA) is 75.6 Å². The molecule has 19 heavy (non-hydrogen) atoms. The van der Waals surface area contributed by atoms with E-state index in [2.05, 4.69) is 0 Å². The SMILES string of the molecule is COc1ccsc1C(=O)NC(CC(F)(F)F)C(=O)O. The number of carboxylic acids is 1. The molecule has 0 saturated carbocycles. The van der Waals surface area contributed by atoms with Gasteiger partial charge >= 0.3 is 12.1 Å². The number of hydrogen-bond donors (Lipinski definition) is 2. The lowest BCUT2D eigenvalue weighted by Gasteiger charge is -2.16. The summed E-state index contributed by atoms with van der Waals surface area (Å²) >= 11 is 0.943. The summed E-state index contributed by atoms with van der Waals surface area (Å²) in [5.41, 5.74) is 0. The minimum Gasteiger partial charge on any atom is -0.495 e.